The number of rotatable bonds is 4. The van der Waals surface area contributed by atoms with E-state index in [-0.39, 0.29) is 16.6 Å². The molecule has 0 amide bonds. The topological polar surface area (TPSA) is 45.8 Å². The first-order valence-corrected chi connectivity index (χ1v) is 9.92. The molecule has 0 saturated heterocycles. The number of imidazole rings is 1. The maximum Gasteiger partial charge on any atom is 0.203 e. The molecule has 1 N–H and O–H groups in total. The second kappa shape index (κ2) is 5.82. The molecule has 2 aromatic rings. The van der Waals surface area contributed by atoms with Gasteiger partial charge in [-0.3, -0.25) is 4.79 Å². The molecule has 134 valence electrons. The minimum Gasteiger partial charge on any atom is -0.342 e. The first-order chi connectivity index (χ1) is 12.6. The summed E-state index contributed by atoms with van der Waals surface area (Å²) in [6.45, 7) is 0. The molecule has 2 atom stereocenters. The average Bonchev–Trinajstić information content (AvgIpc) is 3.14. The highest BCUT2D eigenvalue weighted by Gasteiger charge is 2.57. The number of aromatic amines is 1. The second-order valence-electron chi connectivity index (χ2n) is 8.77. The number of benzene rings is 1. The molecule has 6 rings (SSSR count). The molecule has 2 unspecified atom stereocenters. The Balaban J connectivity index is 1.47. The lowest BCUT2D eigenvalue weighted by Crippen LogP contribution is -2.53. The van der Waals surface area contributed by atoms with Crippen LogP contribution < -0.4 is 0 Å². The molecular formula is C22H23ClN2O. The molecule has 4 heteroatoms. The number of nitrogens with zero attached hydrogens (tertiary/aromatic N) is 1. The number of carbonyl (C=O) groups is 1. The highest BCUT2D eigenvalue weighted by molar-refractivity contribution is 6.30. The number of ketones is 1. The van der Waals surface area contributed by atoms with Crippen molar-refractivity contribution in [2.75, 3.05) is 0 Å². The van der Waals surface area contributed by atoms with Crippen molar-refractivity contribution in [3.63, 3.8) is 0 Å². The Kier molecular flexibility index (Phi) is 3.65. The predicted molar refractivity (Wildman–Crippen MR) is 102 cm³/mol. The van der Waals surface area contributed by atoms with E-state index in [1.165, 1.54) is 37.7 Å². The van der Waals surface area contributed by atoms with Crippen molar-refractivity contribution in [1.29, 1.82) is 0 Å². The Morgan fingerprint density at radius 1 is 1.15 bits per heavy atom. The van der Waals surface area contributed by atoms with Crippen LogP contribution in [0.15, 0.2) is 48.9 Å². The maximum absolute atomic E-state index is 12.4. The molecule has 1 aromatic carbocycles. The molecule has 4 fully saturated rings. The average molecular weight is 367 g/mol. The normalized spacial score (nSPS) is 35.3. The number of halogens is 1. The van der Waals surface area contributed by atoms with Gasteiger partial charge < -0.3 is 4.98 Å². The zero-order valence-electron chi connectivity index (χ0n) is 14.7. The van der Waals surface area contributed by atoms with Gasteiger partial charge in [0.15, 0.2) is 0 Å². The number of aromatic nitrogens is 2. The lowest BCUT2D eigenvalue weighted by molar-refractivity contribution is -0.0455. The molecule has 1 heterocycles. The Hall–Kier alpha value is -1.87. The number of hydrogen-bond acceptors (Lipinski definition) is 2. The summed E-state index contributed by atoms with van der Waals surface area (Å²) in [4.78, 5) is 19.3. The number of allylic oxidation sites excluding steroid dienone is 2. The van der Waals surface area contributed by atoms with Gasteiger partial charge in [-0.1, -0.05) is 29.8 Å². The monoisotopic (exact) mass is 366 g/mol. The van der Waals surface area contributed by atoms with Crippen LogP contribution in [0.5, 0.6) is 0 Å². The molecule has 1 aromatic heterocycles. The van der Waals surface area contributed by atoms with Gasteiger partial charge in [0.1, 0.15) is 5.69 Å². The summed E-state index contributed by atoms with van der Waals surface area (Å²) in [5.74, 6) is 1.58. The number of hydrogen-bond donors (Lipinski definition) is 1. The van der Waals surface area contributed by atoms with Crippen molar-refractivity contribution < 1.29 is 4.79 Å². The minimum absolute atomic E-state index is 0.0267. The first-order valence-electron chi connectivity index (χ1n) is 9.54. The van der Waals surface area contributed by atoms with Crippen LogP contribution in [-0.4, -0.2) is 15.8 Å². The van der Waals surface area contributed by atoms with Gasteiger partial charge in [0.05, 0.1) is 12.5 Å². The number of carbonyl (C=O) groups excluding carboxylic acids is 1. The summed E-state index contributed by atoms with van der Waals surface area (Å²) >= 11 is 6.12. The smallest absolute Gasteiger partial charge is 0.203 e. The van der Waals surface area contributed by atoms with E-state index >= 15 is 0 Å². The SMILES string of the molecule is O=C(/C=C/C12CC3CC(C1)CC(c1ccc(Cl)cc1)(C3)C2)c1cnc[nH]1. The van der Waals surface area contributed by atoms with Gasteiger partial charge in [0, 0.05) is 5.02 Å². The molecule has 26 heavy (non-hydrogen) atoms. The molecule has 4 aliphatic carbocycles. The van der Waals surface area contributed by atoms with Gasteiger partial charge in [0.25, 0.3) is 0 Å². The minimum atomic E-state index is 0.0267. The number of nitrogens with one attached hydrogen (secondary N) is 1. The van der Waals surface area contributed by atoms with Crippen molar-refractivity contribution in [2.24, 2.45) is 17.3 Å². The van der Waals surface area contributed by atoms with Crippen LogP contribution >= 0.6 is 11.6 Å². The van der Waals surface area contributed by atoms with Crippen molar-refractivity contribution in [3.8, 4) is 0 Å². The van der Waals surface area contributed by atoms with Gasteiger partial charge in [0.2, 0.25) is 5.78 Å². The summed E-state index contributed by atoms with van der Waals surface area (Å²) in [6, 6.07) is 8.50. The molecule has 4 saturated carbocycles. The van der Waals surface area contributed by atoms with Crippen LogP contribution in [0, 0.1) is 17.3 Å². The zero-order chi connectivity index (χ0) is 17.8. The number of H-pyrrole nitrogens is 1. The fraction of sp³-hybridized carbons (Fsp3) is 0.455. The second-order valence-corrected chi connectivity index (χ2v) is 9.21. The lowest BCUT2D eigenvalue weighted by Gasteiger charge is -2.62. The van der Waals surface area contributed by atoms with Gasteiger partial charge >= 0.3 is 0 Å². The summed E-state index contributed by atoms with van der Waals surface area (Å²) in [6.07, 6.45) is 14.7. The third-order valence-corrected chi connectivity index (χ3v) is 7.17. The largest absolute Gasteiger partial charge is 0.342 e. The van der Waals surface area contributed by atoms with Crippen LogP contribution in [0.2, 0.25) is 5.02 Å². The van der Waals surface area contributed by atoms with Crippen LogP contribution in [0.1, 0.15) is 54.6 Å². The van der Waals surface area contributed by atoms with Crippen LogP contribution in [0.3, 0.4) is 0 Å². The van der Waals surface area contributed by atoms with E-state index in [1.807, 2.05) is 12.1 Å². The molecule has 4 aliphatic rings. The van der Waals surface area contributed by atoms with Gasteiger partial charge in [-0.25, -0.2) is 4.98 Å². The Bertz CT molecular complexity index is 839. The van der Waals surface area contributed by atoms with Gasteiger partial charge in [-0.15, -0.1) is 0 Å². The summed E-state index contributed by atoms with van der Waals surface area (Å²) in [7, 11) is 0. The van der Waals surface area contributed by atoms with Crippen molar-refractivity contribution in [3.05, 3.63) is 65.2 Å². The van der Waals surface area contributed by atoms with E-state index in [1.54, 1.807) is 18.6 Å². The maximum atomic E-state index is 12.4. The summed E-state index contributed by atoms with van der Waals surface area (Å²) in [5.41, 5.74) is 2.43. The van der Waals surface area contributed by atoms with Crippen LogP contribution in [0.4, 0.5) is 0 Å². The molecule has 3 nitrogen and oxygen atoms in total. The van der Waals surface area contributed by atoms with E-state index in [4.69, 9.17) is 11.6 Å². The van der Waals surface area contributed by atoms with Gasteiger partial charge in [-0.05, 0) is 85.0 Å². The first kappa shape index (κ1) is 16.3. The van der Waals surface area contributed by atoms with Gasteiger partial charge in [-0.2, -0.15) is 0 Å². The highest BCUT2D eigenvalue weighted by atomic mass is 35.5. The fourth-order valence-corrected chi connectivity index (χ4v) is 6.53. The van der Waals surface area contributed by atoms with Crippen LogP contribution in [-0.2, 0) is 5.41 Å². The third-order valence-electron chi connectivity index (χ3n) is 6.91. The van der Waals surface area contributed by atoms with Crippen molar-refractivity contribution >= 4 is 17.4 Å². The molecule has 0 aliphatic heterocycles. The summed E-state index contributed by atoms with van der Waals surface area (Å²) in [5, 5.41) is 0.804. The Labute approximate surface area is 158 Å². The van der Waals surface area contributed by atoms with E-state index in [2.05, 4.69) is 28.2 Å². The quantitative estimate of drug-likeness (QED) is 0.586. The zero-order valence-corrected chi connectivity index (χ0v) is 15.5. The molecule has 0 spiro atoms. The van der Waals surface area contributed by atoms with Crippen LogP contribution in [0.25, 0.3) is 0 Å². The molecular weight excluding hydrogens is 344 g/mol. The fourth-order valence-electron chi connectivity index (χ4n) is 6.40. The highest BCUT2D eigenvalue weighted by Crippen LogP contribution is 2.66. The van der Waals surface area contributed by atoms with Crippen molar-refractivity contribution in [2.45, 2.75) is 43.9 Å². The third kappa shape index (κ3) is 2.64. The van der Waals surface area contributed by atoms with E-state index in [9.17, 15) is 4.79 Å². The molecule has 4 bridgehead atoms. The predicted octanol–water partition coefficient (Wildman–Crippen LogP) is 5.34. The Morgan fingerprint density at radius 3 is 2.54 bits per heavy atom. The van der Waals surface area contributed by atoms with E-state index < -0.39 is 0 Å². The lowest BCUT2D eigenvalue weighted by atomic mass is 9.43. The molecule has 0 radical (unpaired) electrons. The van der Waals surface area contributed by atoms with E-state index in [0.717, 1.165) is 23.3 Å². The Morgan fingerprint density at radius 2 is 1.88 bits per heavy atom. The standard InChI is InChI=1S/C22H23ClN2O/c23-18-3-1-17(2-4-18)22-10-15-7-16(11-22)9-21(8-15,13-22)6-5-20(26)19-12-24-14-25-19/h1-6,12,14-16H,7-11,13H2,(H,24,25)/b6-5+. The summed E-state index contributed by atoms with van der Waals surface area (Å²) < 4.78 is 0. The van der Waals surface area contributed by atoms with E-state index in [0.29, 0.717) is 5.69 Å². The van der Waals surface area contributed by atoms with Crippen molar-refractivity contribution in [1.82, 2.24) is 9.97 Å².